The van der Waals surface area contributed by atoms with E-state index in [-0.39, 0.29) is 6.61 Å². The van der Waals surface area contributed by atoms with Crippen LogP contribution < -0.4 is 0 Å². The molecular formula is C11H13N3OS. The topological polar surface area (TPSA) is 50.9 Å². The van der Waals surface area contributed by atoms with Crippen LogP contribution >= 0.6 is 11.8 Å². The molecule has 0 amide bonds. The van der Waals surface area contributed by atoms with E-state index in [9.17, 15) is 0 Å². The Kier molecular flexibility index (Phi) is 3.26. The monoisotopic (exact) mass is 235 g/mol. The second-order valence-electron chi connectivity index (χ2n) is 3.53. The number of aliphatic hydroxyl groups excluding tert-OH is 1. The Bertz CT molecular complexity index is 496. The third-order valence-corrected chi connectivity index (χ3v) is 3.52. The van der Waals surface area contributed by atoms with Gasteiger partial charge in [0.15, 0.2) is 5.16 Å². The van der Waals surface area contributed by atoms with Gasteiger partial charge in [-0.05, 0) is 35.9 Å². The lowest BCUT2D eigenvalue weighted by molar-refractivity contribution is 0.281. The minimum absolute atomic E-state index is 0.0791. The molecule has 1 aromatic heterocycles. The molecule has 5 heteroatoms. The minimum atomic E-state index is 0.0791. The van der Waals surface area contributed by atoms with Crippen molar-refractivity contribution in [3.05, 3.63) is 35.7 Å². The van der Waals surface area contributed by atoms with E-state index in [0.717, 1.165) is 21.2 Å². The smallest absolute Gasteiger partial charge is 0.190 e. The maximum atomic E-state index is 9.02. The fraction of sp³-hybridized carbons (Fsp3) is 0.273. The highest BCUT2D eigenvalue weighted by Gasteiger charge is 2.06. The van der Waals surface area contributed by atoms with Crippen LogP contribution in [0.1, 0.15) is 11.1 Å². The summed E-state index contributed by atoms with van der Waals surface area (Å²) in [5.41, 5.74) is 2.07. The van der Waals surface area contributed by atoms with E-state index in [2.05, 4.69) is 10.1 Å². The summed E-state index contributed by atoms with van der Waals surface area (Å²) in [5.74, 6) is 0. The Labute approximate surface area is 98.3 Å². The Hall–Kier alpha value is -1.33. The third kappa shape index (κ3) is 2.25. The van der Waals surface area contributed by atoms with Crippen molar-refractivity contribution in [1.29, 1.82) is 0 Å². The summed E-state index contributed by atoms with van der Waals surface area (Å²) in [6, 6.07) is 5.91. The first-order valence-electron chi connectivity index (χ1n) is 4.93. The van der Waals surface area contributed by atoms with Crippen molar-refractivity contribution >= 4 is 11.8 Å². The predicted octanol–water partition coefficient (Wildman–Crippen LogP) is 1.77. The van der Waals surface area contributed by atoms with E-state index in [0.29, 0.717) is 0 Å². The summed E-state index contributed by atoms with van der Waals surface area (Å²) >= 11 is 1.57. The van der Waals surface area contributed by atoms with Gasteiger partial charge in [0.2, 0.25) is 0 Å². The summed E-state index contributed by atoms with van der Waals surface area (Å²) in [4.78, 5) is 5.29. The summed E-state index contributed by atoms with van der Waals surface area (Å²) in [6.07, 6.45) is 1.54. The molecule has 1 aromatic carbocycles. The van der Waals surface area contributed by atoms with Crippen molar-refractivity contribution in [1.82, 2.24) is 14.8 Å². The summed E-state index contributed by atoms with van der Waals surface area (Å²) in [7, 11) is 1.87. The fourth-order valence-electron chi connectivity index (χ4n) is 1.40. The van der Waals surface area contributed by atoms with Crippen molar-refractivity contribution in [2.24, 2.45) is 7.05 Å². The number of aryl methyl sites for hydroxylation is 2. The molecule has 0 unspecified atom stereocenters. The van der Waals surface area contributed by atoms with Crippen LogP contribution in [0.15, 0.2) is 34.6 Å². The third-order valence-electron chi connectivity index (χ3n) is 2.29. The Morgan fingerprint density at radius 3 is 2.81 bits per heavy atom. The molecule has 2 aromatic rings. The molecule has 0 atom stereocenters. The van der Waals surface area contributed by atoms with Crippen molar-refractivity contribution in [2.75, 3.05) is 0 Å². The molecule has 4 nitrogen and oxygen atoms in total. The van der Waals surface area contributed by atoms with Gasteiger partial charge < -0.3 is 5.11 Å². The lowest BCUT2D eigenvalue weighted by atomic mass is 10.1. The SMILES string of the molecule is Cc1cc(CO)ccc1Sc1ncnn1C. The van der Waals surface area contributed by atoms with E-state index in [4.69, 9.17) is 5.11 Å². The number of aromatic nitrogens is 3. The maximum Gasteiger partial charge on any atom is 0.190 e. The first-order chi connectivity index (χ1) is 7.70. The van der Waals surface area contributed by atoms with Crippen molar-refractivity contribution in [3.8, 4) is 0 Å². The van der Waals surface area contributed by atoms with Gasteiger partial charge in [-0.1, -0.05) is 12.1 Å². The molecule has 1 N–H and O–H groups in total. The maximum absolute atomic E-state index is 9.02. The molecule has 0 bridgehead atoms. The van der Waals surface area contributed by atoms with Gasteiger partial charge in [-0.25, -0.2) is 9.67 Å². The molecule has 2 rings (SSSR count). The summed E-state index contributed by atoms with van der Waals surface area (Å²) < 4.78 is 1.74. The molecule has 0 radical (unpaired) electrons. The molecule has 0 aliphatic heterocycles. The zero-order valence-corrected chi connectivity index (χ0v) is 10.0. The van der Waals surface area contributed by atoms with Gasteiger partial charge in [-0.3, -0.25) is 0 Å². The summed E-state index contributed by atoms with van der Waals surface area (Å²) in [5, 5.41) is 13.9. The van der Waals surface area contributed by atoms with Crippen molar-refractivity contribution in [2.45, 2.75) is 23.6 Å². The zero-order chi connectivity index (χ0) is 11.5. The number of nitrogens with zero attached hydrogens (tertiary/aromatic N) is 3. The van der Waals surface area contributed by atoms with E-state index in [1.807, 2.05) is 32.2 Å². The van der Waals surface area contributed by atoms with Crippen molar-refractivity contribution in [3.63, 3.8) is 0 Å². The standard InChI is InChI=1S/C11H13N3OS/c1-8-5-9(6-15)3-4-10(8)16-11-12-7-13-14(11)2/h3-5,7,15H,6H2,1-2H3. The molecule has 16 heavy (non-hydrogen) atoms. The highest BCUT2D eigenvalue weighted by molar-refractivity contribution is 7.99. The molecule has 0 saturated heterocycles. The zero-order valence-electron chi connectivity index (χ0n) is 9.21. The molecule has 84 valence electrons. The van der Waals surface area contributed by atoms with Crippen LogP contribution in [0.2, 0.25) is 0 Å². The van der Waals surface area contributed by atoms with Gasteiger partial charge in [0, 0.05) is 11.9 Å². The van der Waals surface area contributed by atoms with Gasteiger partial charge in [0.05, 0.1) is 6.61 Å². The van der Waals surface area contributed by atoms with Gasteiger partial charge in [-0.15, -0.1) is 0 Å². The highest BCUT2D eigenvalue weighted by Crippen LogP contribution is 2.28. The second kappa shape index (κ2) is 4.67. The second-order valence-corrected chi connectivity index (χ2v) is 4.54. The molecule has 0 saturated carbocycles. The van der Waals surface area contributed by atoms with Crippen LogP contribution in [0.4, 0.5) is 0 Å². The van der Waals surface area contributed by atoms with Gasteiger partial charge in [0.1, 0.15) is 6.33 Å². The first kappa shape index (κ1) is 11.2. The van der Waals surface area contributed by atoms with Crippen LogP contribution in [0.3, 0.4) is 0 Å². The minimum Gasteiger partial charge on any atom is -0.392 e. The first-order valence-corrected chi connectivity index (χ1v) is 5.74. The van der Waals surface area contributed by atoms with Gasteiger partial charge in [-0.2, -0.15) is 5.10 Å². The van der Waals surface area contributed by atoms with Crippen molar-refractivity contribution < 1.29 is 5.11 Å². The van der Waals surface area contributed by atoms with Gasteiger partial charge in [0.25, 0.3) is 0 Å². The lowest BCUT2D eigenvalue weighted by Gasteiger charge is -2.06. The average Bonchev–Trinajstić information content (AvgIpc) is 2.67. The Morgan fingerprint density at radius 2 is 2.25 bits per heavy atom. The lowest BCUT2D eigenvalue weighted by Crippen LogP contribution is -1.93. The molecule has 0 spiro atoms. The van der Waals surface area contributed by atoms with Crippen LogP contribution in [-0.4, -0.2) is 19.9 Å². The predicted molar refractivity (Wildman–Crippen MR) is 62.2 cm³/mol. The molecular weight excluding hydrogens is 222 g/mol. The van der Waals surface area contributed by atoms with Gasteiger partial charge >= 0.3 is 0 Å². The average molecular weight is 235 g/mol. The van der Waals surface area contributed by atoms with Crippen LogP contribution in [0, 0.1) is 6.92 Å². The van der Waals surface area contributed by atoms with E-state index >= 15 is 0 Å². The molecule has 0 aliphatic rings. The van der Waals surface area contributed by atoms with Crippen LogP contribution in [0.25, 0.3) is 0 Å². The van der Waals surface area contributed by atoms with E-state index < -0.39 is 0 Å². The summed E-state index contributed by atoms with van der Waals surface area (Å²) in [6.45, 7) is 2.10. The number of rotatable bonds is 3. The quantitative estimate of drug-likeness (QED) is 0.881. The Morgan fingerprint density at radius 1 is 1.44 bits per heavy atom. The van der Waals surface area contributed by atoms with E-state index in [1.54, 1.807) is 22.8 Å². The number of hydrogen-bond acceptors (Lipinski definition) is 4. The highest BCUT2D eigenvalue weighted by atomic mass is 32.2. The number of aliphatic hydroxyl groups is 1. The van der Waals surface area contributed by atoms with E-state index in [1.165, 1.54) is 0 Å². The van der Waals surface area contributed by atoms with Crippen LogP contribution in [0.5, 0.6) is 0 Å². The largest absolute Gasteiger partial charge is 0.392 e. The van der Waals surface area contributed by atoms with Crippen LogP contribution in [-0.2, 0) is 13.7 Å². The molecule has 1 heterocycles. The molecule has 0 aliphatic carbocycles. The molecule has 0 fully saturated rings. The number of hydrogen-bond donors (Lipinski definition) is 1. The fourth-order valence-corrected chi connectivity index (χ4v) is 2.23. The Balaban J connectivity index is 2.25. The normalized spacial score (nSPS) is 10.7. The number of benzene rings is 1.